The van der Waals surface area contributed by atoms with Crippen molar-refractivity contribution in [3.8, 4) is 17.5 Å². The summed E-state index contributed by atoms with van der Waals surface area (Å²) >= 11 is 0. The lowest BCUT2D eigenvalue weighted by Gasteiger charge is -2.35. The predicted molar refractivity (Wildman–Crippen MR) is 127 cm³/mol. The Hall–Kier alpha value is -3.39. The van der Waals surface area contributed by atoms with Crippen molar-refractivity contribution in [2.24, 2.45) is 0 Å². The van der Waals surface area contributed by atoms with Gasteiger partial charge in [-0.25, -0.2) is 8.42 Å². The maximum absolute atomic E-state index is 12.9. The molecule has 0 unspecified atom stereocenters. The second-order valence-electron chi connectivity index (χ2n) is 8.14. The van der Waals surface area contributed by atoms with E-state index in [1.54, 1.807) is 24.3 Å². The van der Waals surface area contributed by atoms with Crippen molar-refractivity contribution >= 4 is 21.6 Å². The number of nitrogens with zero attached hydrogens (tertiary/aromatic N) is 5. The standard InChI is InChI=1S/C24H25N5O4S/c25-18-22-24(28-12-10-27(11-13-28)20-4-2-1-3-5-20)33-23(26-22)19-6-8-21(9-7-19)34(30,31)29-14-16-32-17-15-29/h1-9H,10-17H2. The zero-order chi connectivity index (χ0) is 23.5. The summed E-state index contributed by atoms with van der Waals surface area (Å²) in [4.78, 5) is 8.92. The normalized spacial score (nSPS) is 17.5. The number of oxazole rings is 1. The number of rotatable bonds is 5. The van der Waals surface area contributed by atoms with Gasteiger partial charge in [0.2, 0.25) is 27.5 Å². The summed E-state index contributed by atoms with van der Waals surface area (Å²) in [5.41, 5.74) is 2.02. The first-order valence-corrected chi connectivity index (χ1v) is 12.6. The highest BCUT2D eigenvalue weighted by atomic mass is 32.2. The largest absolute Gasteiger partial charge is 0.419 e. The second kappa shape index (κ2) is 9.46. The van der Waals surface area contributed by atoms with Crippen LogP contribution in [0.3, 0.4) is 0 Å². The average molecular weight is 480 g/mol. The molecule has 0 aliphatic carbocycles. The molecule has 0 spiro atoms. The quantitative estimate of drug-likeness (QED) is 0.550. The molecular formula is C24H25N5O4S. The van der Waals surface area contributed by atoms with E-state index in [9.17, 15) is 13.7 Å². The van der Waals surface area contributed by atoms with Gasteiger partial charge < -0.3 is 19.0 Å². The number of nitriles is 1. The van der Waals surface area contributed by atoms with Gasteiger partial charge in [-0.1, -0.05) is 18.2 Å². The van der Waals surface area contributed by atoms with Gasteiger partial charge in [-0.3, -0.25) is 0 Å². The van der Waals surface area contributed by atoms with E-state index >= 15 is 0 Å². The Labute approximate surface area is 198 Å². The zero-order valence-corrected chi connectivity index (χ0v) is 19.4. The van der Waals surface area contributed by atoms with E-state index in [1.807, 2.05) is 23.1 Å². The summed E-state index contributed by atoms with van der Waals surface area (Å²) in [6, 6.07) is 18.8. The van der Waals surface area contributed by atoms with Gasteiger partial charge in [0.25, 0.3) is 0 Å². The molecule has 2 fully saturated rings. The molecule has 2 saturated heterocycles. The third-order valence-corrected chi connectivity index (χ3v) is 8.03. The molecule has 34 heavy (non-hydrogen) atoms. The fourth-order valence-corrected chi connectivity index (χ4v) is 5.64. The minimum absolute atomic E-state index is 0.211. The molecule has 10 heteroatoms. The van der Waals surface area contributed by atoms with Crippen LogP contribution in [0.1, 0.15) is 5.69 Å². The fraction of sp³-hybridized carbons (Fsp3) is 0.333. The van der Waals surface area contributed by atoms with Gasteiger partial charge in [0.15, 0.2) is 0 Å². The highest BCUT2D eigenvalue weighted by molar-refractivity contribution is 7.89. The Bertz CT molecular complexity index is 1270. The molecule has 0 amide bonds. The van der Waals surface area contributed by atoms with E-state index in [-0.39, 0.29) is 10.6 Å². The van der Waals surface area contributed by atoms with E-state index in [1.165, 1.54) is 9.99 Å². The van der Waals surface area contributed by atoms with Crippen molar-refractivity contribution < 1.29 is 17.6 Å². The smallest absolute Gasteiger partial charge is 0.243 e. The predicted octanol–water partition coefficient (Wildman–Crippen LogP) is 2.56. The summed E-state index contributed by atoms with van der Waals surface area (Å²) in [5, 5.41) is 9.63. The highest BCUT2D eigenvalue weighted by Gasteiger charge is 2.27. The molecule has 9 nitrogen and oxygen atoms in total. The van der Waals surface area contributed by atoms with Crippen molar-refractivity contribution in [1.29, 1.82) is 5.26 Å². The first kappa shape index (κ1) is 22.4. The van der Waals surface area contributed by atoms with Gasteiger partial charge in [-0.05, 0) is 36.4 Å². The van der Waals surface area contributed by atoms with Gasteiger partial charge >= 0.3 is 0 Å². The zero-order valence-electron chi connectivity index (χ0n) is 18.6. The van der Waals surface area contributed by atoms with Crippen LogP contribution in [-0.2, 0) is 14.8 Å². The van der Waals surface area contributed by atoms with Crippen molar-refractivity contribution in [3.05, 3.63) is 60.3 Å². The molecule has 176 valence electrons. The van der Waals surface area contributed by atoms with Crippen LogP contribution >= 0.6 is 0 Å². The SMILES string of the molecule is N#Cc1nc(-c2ccc(S(=O)(=O)N3CCOCC3)cc2)oc1N1CCN(c2ccccc2)CC1. The number of ether oxygens (including phenoxy) is 1. The minimum Gasteiger partial charge on any atom is -0.419 e. The van der Waals surface area contributed by atoms with Crippen LogP contribution in [-0.4, -0.2) is 70.2 Å². The van der Waals surface area contributed by atoms with Crippen LogP contribution < -0.4 is 9.80 Å². The first-order valence-electron chi connectivity index (χ1n) is 11.2. The Morgan fingerprint density at radius 1 is 0.853 bits per heavy atom. The van der Waals surface area contributed by atoms with E-state index in [0.29, 0.717) is 56.7 Å². The molecule has 0 N–H and O–H groups in total. The van der Waals surface area contributed by atoms with Gasteiger partial charge in [0.05, 0.1) is 18.1 Å². The van der Waals surface area contributed by atoms with Crippen molar-refractivity contribution in [2.45, 2.75) is 4.90 Å². The molecule has 2 aromatic carbocycles. The first-order chi connectivity index (χ1) is 16.6. The summed E-state index contributed by atoms with van der Waals surface area (Å²) in [5.74, 6) is 0.752. The summed E-state index contributed by atoms with van der Waals surface area (Å²) in [7, 11) is -3.58. The number of benzene rings is 2. The van der Waals surface area contributed by atoms with Crippen LogP contribution in [0, 0.1) is 11.3 Å². The maximum Gasteiger partial charge on any atom is 0.243 e. The van der Waals surface area contributed by atoms with Gasteiger partial charge in [0, 0.05) is 50.5 Å². The summed E-state index contributed by atoms with van der Waals surface area (Å²) in [6.45, 7) is 4.49. The molecule has 3 heterocycles. The van der Waals surface area contributed by atoms with E-state index in [4.69, 9.17) is 9.15 Å². The number of piperazine rings is 1. The number of morpholine rings is 1. The van der Waals surface area contributed by atoms with Crippen molar-refractivity contribution in [1.82, 2.24) is 9.29 Å². The number of sulfonamides is 1. The lowest BCUT2D eigenvalue weighted by atomic mass is 10.2. The molecule has 5 rings (SSSR count). The molecule has 2 aliphatic heterocycles. The van der Waals surface area contributed by atoms with Gasteiger partial charge in [0.1, 0.15) is 6.07 Å². The monoisotopic (exact) mass is 479 g/mol. The van der Waals surface area contributed by atoms with Crippen LogP contribution in [0.5, 0.6) is 0 Å². The molecular weight excluding hydrogens is 454 g/mol. The lowest BCUT2D eigenvalue weighted by Crippen LogP contribution is -2.46. The molecule has 3 aromatic rings. The molecule has 0 bridgehead atoms. The van der Waals surface area contributed by atoms with E-state index < -0.39 is 10.0 Å². The lowest BCUT2D eigenvalue weighted by molar-refractivity contribution is 0.0730. The minimum atomic E-state index is -3.58. The number of hydrogen-bond acceptors (Lipinski definition) is 8. The van der Waals surface area contributed by atoms with Gasteiger partial charge in [-0.15, -0.1) is 0 Å². The Morgan fingerprint density at radius 2 is 1.50 bits per heavy atom. The van der Waals surface area contributed by atoms with Crippen molar-refractivity contribution in [2.75, 3.05) is 62.3 Å². The summed E-state index contributed by atoms with van der Waals surface area (Å²) in [6.07, 6.45) is 0. The highest BCUT2D eigenvalue weighted by Crippen LogP contribution is 2.30. The summed E-state index contributed by atoms with van der Waals surface area (Å²) < 4.78 is 38.4. The van der Waals surface area contributed by atoms with Crippen molar-refractivity contribution in [3.63, 3.8) is 0 Å². The molecule has 0 radical (unpaired) electrons. The molecule has 0 saturated carbocycles. The molecule has 2 aliphatic rings. The second-order valence-corrected chi connectivity index (χ2v) is 10.1. The number of anilines is 2. The molecule has 0 atom stereocenters. The number of hydrogen-bond donors (Lipinski definition) is 0. The van der Waals surface area contributed by atoms with Gasteiger partial charge in [-0.2, -0.15) is 14.6 Å². The van der Waals surface area contributed by atoms with E-state index in [0.717, 1.165) is 13.1 Å². The third kappa shape index (κ3) is 4.37. The average Bonchev–Trinajstić information content (AvgIpc) is 3.34. The Balaban J connectivity index is 1.32. The van der Waals surface area contributed by atoms with Crippen LogP contribution in [0.4, 0.5) is 11.6 Å². The fourth-order valence-electron chi connectivity index (χ4n) is 4.23. The van der Waals surface area contributed by atoms with Crippen LogP contribution in [0.25, 0.3) is 11.5 Å². The molecule has 1 aromatic heterocycles. The van der Waals surface area contributed by atoms with Crippen LogP contribution in [0.15, 0.2) is 63.9 Å². The topological polar surface area (TPSA) is 103 Å². The number of aromatic nitrogens is 1. The Kier molecular flexibility index (Phi) is 6.24. The third-order valence-electron chi connectivity index (χ3n) is 6.11. The maximum atomic E-state index is 12.9. The Morgan fingerprint density at radius 3 is 2.15 bits per heavy atom. The van der Waals surface area contributed by atoms with Crippen LogP contribution in [0.2, 0.25) is 0 Å². The van der Waals surface area contributed by atoms with E-state index in [2.05, 4.69) is 28.1 Å². The number of para-hydroxylation sites is 1.